The van der Waals surface area contributed by atoms with Crippen LogP contribution in [0.1, 0.15) is 12.8 Å². The predicted octanol–water partition coefficient (Wildman–Crippen LogP) is 0.423. The summed E-state index contributed by atoms with van der Waals surface area (Å²) in [6, 6.07) is 10.1. The molecule has 0 spiro atoms. The number of fused-ring (bicyclic) bond motifs is 3. The van der Waals surface area contributed by atoms with Crippen LogP contribution in [0.15, 0.2) is 55.1 Å². The minimum atomic E-state index is -0.156. The normalized spacial score (nSPS) is 22.4. The molecule has 0 unspecified atom stereocenters. The summed E-state index contributed by atoms with van der Waals surface area (Å²) < 4.78 is 0. The lowest BCUT2D eigenvalue weighted by Gasteiger charge is -2.35. The summed E-state index contributed by atoms with van der Waals surface area (Å²) in [5.74, 6) is 0.722. The standard InChI is InChI=1S/C28H30BN9O2/c29-19-11-31-28(32-12-19)38-15-21-10-22(38)14-37(21)25(39)16-36-8-5-18(13-36)27(40)33-20-1-2-24-23(9-20)26(35-34-24)17-3-6-30-7-4-17/h1-4,6-7,9,11-12,18,21-22H,5,8,10,13-16,29H2,(H,33,40)(H,34,35)/t18-,21+,22+/m1/s1. The van der Waals surface area contributed by atoms with Crippen molar-refractivity contribution in [3.63, 3.8) is 0 Å². The molecule has 1 aromatic carbocycles. The molecule has 0 aliphatic carbocycles. The predicted molar refractivity (Wildman–Crippen MR) is 154 cm³/mol. The van der Waals surface area contributed by atoms with Gasteiger partial charge in [0.2, 0.25) is 17.8 Å². The average Bonchev–Trinajstić information content (AvgIpc) is 3.77. The fourth-order valence-corrected chi connectivity index (χ4v) is 6.29. The number of benzene rings is 1. The van der Waals surface area contributed by atoms with E-state index < -0.39 is 0 Å². The molecular formula is C28H30BN9O2. The van der Waals surface area contributed by atoms with Crippen LogP contribution < -0.4 is 15.7 Å². The minimum absolute atomic E-state index is 0.0165. The highest BCUT2D eigenvalue weighted by molar-refractivity contribution is 6.31. The summed E-state index contributed by atoms with van der Waals surface area (Å²) in [6.07, 6.45) is 8.85. The van der Waals surface area contributed by atoms with Crippen molar-refractivity contribution in [1.82, 2.24) is 34.9 Å². The largest absolute Gasteiger partial charge is 0.335 e. The third-order valence-corrected chi connectivity index (χ3v) is 8.37. The molecule has 3 aliphatic heterocycles. The Balaban J connectivity index is 0.942. The molecular weight excluding hydrogens is 505 g/mol. The van der Waals surface area contributed by atoms with Crippen molar-refractivity contribution < 1.29 is 9.59 Å². The molecule has 3 atom stereocenters. The first-order chi connectivity index (χ1) is 19.5. The van der Waals surface area contributed by atoms with Gasteiger partial charge in [0, 0.05) is 61.1 Å². The number of anilines is 2. The van der Waals surface area contributed by atoms with Crippen molar-refractivity contribution in [2.24, 2.45) is 5.92 Å². The molecule has 2 bridgehead atoms. The van der Waals surface area contributed by atoms with Crippen LogP contribution in [0, 0.1) is 5.92 Å². The van der Waals surface area contributed by atoms with Crippen LogP contribution in [0.3, 0.4) is 0 Å². The lowest BCUT2D eigenvalue weighted by atomic mass is 10.0. The summed E-state index contributed by atoms with van der Waals surface area (Å²) in [4.78, 5) is 45.7. The number of H-pyrrole nitrogens is 1. The quantitative estimate of drug-likeness (QED) is 0.341. The molecule has 7 rings (SSSR count). The van der Waals surface area contributed by atoms with Gasteiger partial charge in [-0.2, -0.15) is 5.10 Å². The molecule has 4 aromatic rings. The molecule has 3 aromatic heterocycles. The van der Waals surface area contributed by atoms with Gasteiger partial charge in [-0.3, -0.25) is 24.6 Å². The SMILES string of the molecule is Bc1cnc(N2C[C@@H]3C[C@H]2CN3C(=O)CN2CC[C@@H](C(=O)Nc3ccc4[nH]nc(-c5ccncc5)c4c3)C2)nc1. The van der Waals surface area contributed by atoms with Crippen LogP contribution in [0.2, 0.25) is 0 Å². The summed E-state index contributed by atoms with van der Waals surface area (Å²) in [5, 5.41) is 11.5. The number of carbonyl (C=O) groups is 2. The van der Waals surface area contributed by atoms with Crippen molar-refractivity contribution >= 4 is 47.7 Å². The molecule has 2 amide bonds. The molecule has 3 aliphatic rings. The molecule has 0 radical (unpaired) electrons. The summed E-state index contributed by atoms with van der Waals surface area (Å²) in [6.45, 7) is 3.15. The maximum atomic E-state index is 13.2. The maximum absolute atomic E-state index is 13.2. The lowest BCUT2D eigenvalue weighted by molar-refractivity contribution is -0.133. The van der Waals surface area contributed by atoms with Crippen LogP contribution >= 0.6 is 0 Å². The Hall–Kier alpha value is -4.32. The number of carbonyl (C=O) groups excluding carboxylic acids is 2. The third kappa shape index (κ3) is 4.58. The first kappa shape index (κ1) is 24.7. The smallest absolute Gasteiger partial charge is 0.237 e. The molecule has 2 N–H and O–H groups in total. The summed E-state index contributed by atoms with van der Waals surface area (Å²) in [5.41, 5.74) is 4.46. The van der Waals surface area contributed by atoms with E-state index >= 15 is 0 Å². The van der Waals surface area contributed by atoms with E-state index in [2.05, 4.69) is 40.3 Å². The van der Waals surface area contributed by atoms with Crippen molar-refractivity contribution in [2.45, 2.75) is 24.9 Å². The number of nitrogens with one attached hydrogen (secondary N) is 2. The van der Waals surface area contributed by atoms with Gasteiger partial charge in [-0.25, -0.2) is 9.97 Å². The van der Waals surface area contributed by atoms with Gasteiger partial charge in [0.1, 0.15) is 13.5 Å². The van der Waals surface area contributed by atoms with Crippen LogP contribution in [0.4, 0.5) is 11.6 Å². The number of amides is 2. The fourth-order valence-electron chi connectivity index (χ4n) is 6.29. The Bertz CT molecular complexity index is 1560. The van der Waals surface area contributed by atoms with Crippen LogP contribution in [0.25, 0.3) is 22.2 Å². The number of piperazine rings is 1. The van der Waals surface area contributed by atoms with Gasteiger partial charge >= 0.3 is 0 Å². The number of rotatable bonds is 6. The molecule has 11 nitrogen and oxygen atoms in total. The van der Waals surface area contributed by atoms with E-state index in [4.69, 9.17) is 0 Å². The number of aromatic nitrogens is 5. The van der Waals surface area contributed by atoms with Gasteiger partial charge in [0.05, 0.1) is 30.1 Å². The lowest BCUT2D eigenvalue weighted by Crippen LogP contribution is -2.51. The Labute approximate surface area is 232 Å². The van der Waals surface area contributed by atoms with Crippen molar-refractivity contribution in [3.8, 4) is 11.3 Å². The zero-order chi connectivity index (χ0) is 27.2. The van der Waals surface area contributed by atoms with Gasteiger partial charge in [-0.1, -0.05) is 5.46 Å². The second-order valence-electron chi connectivity index (χ2n) is 11.1. The molecule has 6 heterocycles. The van der Waals surface area contributed by atoms with E-state index in [-0.39, 0.29) is 29.8 Å². The Morgan fingerprint density at radius 3 is 2.65 bits per heavy atom. The highest BCUT2D eigenvalue weighted by atomic mass is 16.2. The van der Waals surface area contributed by atoms with Crippen molar-refractivity contribution in [2.75, 3.05) is 42.9 Å². The zero-order valence-corrected chi connectivity index (χ0v) is 22.3. The molecule has 202 valence electrons. The summed E-state index contributed by atoms with van der Waals surface area (Å²) in [7, 11) is 1.98. The Kier molecular flexibility index (Phi) is 6.19. The molecule has 40 heavy (non-hydrogen) atoms. The number of nitrogens with zero attached hydrogens (tertiary/aromatic N) is 7. The number of likely N-dealkylation sites (tertiary alicyclic amines) is 2. The Morgan fingerprint density at radius 1 is 1.05 bits per heavy atom. The highest BCUT2D eigenvalue weighted by Gasteiger charge is 2.46. The molecule has 3 fully saturated rings. The number of aromatic amines is 1. The van der Waals surface area contributed by atoms with E-state index in [0.29, 0.717) is 19.6 Å². The van der Waals surface area contributed by atoms with E-state index in [1.807, 2.05) is 55.5 Å². The molecule has 0 saturated carbocycles. The highest BCUT2D eigenvalue weighted by Crippen LogP contribution is 2.33. The van der Waals surface area contributed by atoms with Gasteiger partial charge in [0.25, 0.3) is 0 Å². The summed E-state index contributed by atoms with van der Waals surface area (Å²) >= 11 is 0. The second kappa shape index (κ2) is 10.0. The van der Waals surface area contributed by atoms with Crippen LogP contribution in [0.5, 0.6) is 0 Å². The topological polar surface area (TPSA) is 123 Å². The number of pyridine rings is 1. The van der Waals surface area contributed by atoms with Gasteiger partial charge < -0.3 is 15.1 Å². The third-order valence-electron chi connectivity index (χ3n) is 8.37. The van der Waals surface area contributed by atoms with Crippen LogP contribution in [-0.4, -0.2) is 99.4 Å². The van der Waals surface area contributed by atoms with E-state index in [1.165, 1.54) is 0 Å². The minimum Gasteiger partial charge on any atom is -0.335 e. The average molecular weight is 535 g/mol. The zero-order valence-electron chi connectivity index (χ0n) is 22.3. The number of hydrogen-bond acceptors (Lipinski definition) is 8. The first-order valence-corrected chi connectivity index (χ1v) is 13.8. The van der Waals surface area contributed by atoms with E-state index in [0.717, 1.165) is 65.2 Å². The maximum Gasteiger partial charge on any atom is 0.237 e. The Morgan fingerprint density at radius 2 is 1.88 bits per heavy atom. The molecule has 3 saturated heterocycles. The first-order valence-electron chi connectivity index (χ1n) is 13.8. The van der Waals surface area contributed by atoms with E-state index in [1.54, 1.807) is 12.4 Å². The van der Waals surface area contributed by atoms with Crippen molar-refractivity contribution in [1.29, 1.82) is 0 Å². The van der Waals surface area contributed by atoms with E-state index in [9.17, 15) is 9.59 Å². The second-order valence-corrected chi connectivity index (χ2v) is 11.1. The van der Waals surface area contributed by atoms with Gasteiger partial charge in [-0.05, 0) is 49.7 Å². The van der Waals surface area contributed by atoms with Gasteiger partial charge in [0.15, 0.2) is 0 Å². The van der Waals surface area contributed by atoms with Crippen molar-refractivity contribution in [3.05, 3.63) is 55.1 Å². The molecule has 12 heteroatoms. The number of hydrogen-bond donors (Lipinski definition) is 2. The van der Waals surface area contributed by atoms with Gasteiger partial charge in [-0.15, -0.1) is 0 Å². The van der Waals surface area contributed by atoms with Crippen LogP contribution in [-0.2, 0) is 9.59 Å². The fraction of sp³-hybridized carbons (Fsp3) is 0.357. The monoisotopic (exact) mass is 535 g/mol.